The van der Waals surface area contributed by atoms with Crippen molar-refractivity contribution in [2.75, 3.05) is 19.6 Å². The summed E-state index contributed by atoms with van der Waals surface area (Å²) in [4.78, 5) is 31.6. The minimum absolute atomic E-state index is 0.118. The van der Waals surface area contributed by atoms with Gasteiger partial charge in [0.1, 0.15) is 0 Å². The molecule has 0 atom stereocenters. The third-order valence-corrected chi connectivity index (χ3v) is 6.26. The number of aromatic nitrogens is 1. The quantitative estimate of drug-likeness (QED) is 0.820. The number of nitrogens with one attached hydrogen (secondary N) is 1. The Hall–Kier alpha value is -2.69. The van der Waals surface area contributed by atoms with Gasteiger partial charge in [-0.2, -0.15) is 0 Å². The van der Waals surface area contributed by atoms with Crippen LogP contribution in [0.3, 0.4) is 0 Å². The molecule has 1 saturated carbocycles. The van der Waals surface area contributed by atoms with Crippen molar-refractivity contribution in [2.24, 2.45) is 11.3 Å². The van der Waals surface area contributed by atoms with Gasteiger partial charge in [-0.15, -0.1) is 0 Å². The molecule has 0 bridgehead atoms. The molecule has 1 aliphatic heterocycles. The van der Waals surface area contributed by atoms with Crippen molar-refractivity contribution in [1.82, 2.24) is 15.2 Å². The molecule has 1 aromatic heterocycles. The Balaban J connectivity index is 1.54. The van der Waals surface area contributed by atoms with E-state index < -0.39 is 5.41 Å². The lowest BCUT2D eigenvalue weighted by atomic mass is 9.72. The predicted octanol–water partition coefficient (Wildman–Crippen LogP) is 3.45. The lowest BCUT2D eigenvalue weighted by Gasteiger charge is -2.41. The monoisotopic (exact) mass is 391 g/mol. The van der Waals surface area contributed by atoms with Crippen molar-refractivity contribution in [2.45, 2.75) is 39.0 Å². The summed E-state index contributed by atoms with van der Waals surface area (Å²) in [6, 6.07) is 12.4. The van der Waals surface area contributed by atoms with Crippen LogP contribution in [0.5, 0.6) is 0 Å². The summed E-state index contributed by atoms with van der Waals surface area (Å²) in [7, 11) is 0. The van der Waals surface area contributed by atoms with Gasteiger partial charge in [0.2, 0.25) is 11.8 Å². The average molecular weight is 392 g/mol. The van der Waals surface area contributed by atoms with E-state index >= 15 is 0 Å². The van der Waals surface area contributed by atoms with Gasteiger partial charge in [0.25, 0.3) is 0 Å². The number of amides is 2. The molecule has 1 N–H and O–H groups in total. The zero-order chi connectivity index (χ0) is 20.3. The Morgan fingerprint density at radius 3 is 2.48 bits per heavy atom. The highest BCUT2D eigenvalue weighted by atomic mass is 16.2. The first-order valence-corrected chi connectivity index (χ1v) is 10.7. The van der Waals surface area contributed by atoms with Crippen molar-refractivity contribution < 1.29 is 9.59 Å². The normalized spacial score (nSPS) is 18.3. The second-order valence-electron chi connectivity index (χ2n) is 8.35. The Bertz CT molecular complexity index is 869. The molecule has 2 aliphatic rings. The summed E-state index contributed by atoms with van der Waals surface area (Å²) in [5, 5.41) is 3.05. The number of pyridine rings is 1. The predicted molar refractivity (Wildman–Crippen MR) is 113 cm³/mol. The number of carbonyl (C=O) groups excluding carboxylic acids is 2. The Labute approximate surface area is 172 Å². The highest BCUT2D eigenvalue weighted by molar-refractivity contribution is 5.84. The van der Waals surface area contributed by atoms with E-state index in [1.54, 1.807) is 12.4 Å². The van der Waals surface area contributed by atoms with E-state index in [4.69, 9.17) is 0 Å². The van der Waals surface area contributed by atoms with E-state index in [0.717, 1.165) is 42.4 Å². The van der Waals surface area contributed by atoms with E-state index in [0.29, 0.717) is 26.1 Å². The number of hydrogen-bond donors (Lipinski definition) is 1. The molecular formula is C24H29N3O2. The van der Waals surface area contributed by atoms with Crippen molar-refractivity contribution in [1.29, 1.82) is 0 Å². The lowest BCUT2D eigenvalue weighted by Crippen LogP contribution is -2.51. The Morgan fingerprint density at radius 1 is 1.10 bits per heavy atom. The van der Waals surface area contributed by atoms with Crippen molar-refractivity contribution in [3.05, 3.63) is 54.4 Å². The van der Waals surface area contributed by atoms with Crippen LogP contribution in [0.25, 0.3) is 11.1 Å². The molecule has 1 saturated heterocycles. The number of likely N-dealkylation sites (tertiary alicyclic amines) is 1. The van der Waals surface area contributed by atoms with E-state index in [2.05, 4.69) is 34.6 Å². The molecule has 2 heterocycles. The van der Waals surface area contributed by atoms with Crippen LogP contribution in [0.4, 0.5) is 0 Å². The van der Waals surface area contributed by atoms with Gasteiger partial charge in [-0.3, -0.25) is 14.6 Å². The maximum Gasteiger partial charge on any atom is 0.226 e. The minimum Gasteiger partial charge on any atom is -0.356 e. The van der Waals surface area contributed by atoms with E-state index in [9.17, 15) is 9.59 Å². The molecule has 152 valence electrons. The fourth-order valence-corrected chi connectivity index (χ4v) is 4.37. The molecule has 5 heteroatoms. The molecule has 1 aliphatic carbocycles. The zero-order valence-electron chi connectivity index (χ0n) is 17.1. The van der Waals surface area contributed by atoms with Crippen LogP contribution in [-0.4, -0.2) is 41.3 Å². The molecular weight excluding hydrogens is 362 g/mol. The fourth-order valence-electron chi connectivity index (χ4n) is 4.37. The number of benzene rings is 1. The van der Waals surface area contributed by atoms with Gasteiger partial charge in [0.15, 0.2) is 0 Å². The minimum atomic E-state index is -0.451. The standard InChI is InChI=1S/C24H29N3O2/c1-2-26-23(29)24(10-14-27(15-11-24)22(28)20-6-7-20)17-18-4-3-5-21(16-18)19-8-12-25-13-9-19/h3-5,8-9,12-13,16,20H,2,6-7,10-11,14-15,17H2,1H3,(H,26,29). The second-order valence-corrected chi connectivity index (χ2v) is 8.35. The molecule has 4 rings (SSSR count). The van der Waals surface area contributed by atoms with Gasteiger partial charge in [-0.25, -0.2) is 0 Å². The van der Waals surface area contributed by atoms with Crippen LogP contribution in [0, 0.1) is 11.3 Å². The number of hydrogen-bond acceptors (Lipinski definition) is 3. The average Bonchev–Trinajstić information content (AvgIpc) is 3.60. The molecule has 2 amide bonds. The summed E-state index contributed by atoms with van der Waals surface area (Å²) in [5.41, 5.74) is 2.97. The first-order chi connectivity index (χ1) is 14.1. The van der Waals surface area contributed by atoms with Crippen LogP contribution < -0.4 is 5.32 Å². The third-order valence-electron chi connectivity index (χ3n) is 6.26. The number of rotatable bonds is 6. The van der Waals surface area contributed by atoms with Gasteiger partial charge in [-0.05, 0) is 67.9 Å². The molecule has 2 aromatic rings. The topological polar surface area (TPSA) is 62.3 Å². The summed E-state index contributed by atoms with van der Waals surface area (Å²) in [6.07, 6.45) is 7.78. The van der Waals surface area contributed by atoms with Crippen molar-refractivity contribution in [3.63, 3.8) is 0 Å². The van der Waals surface area contributed by atoms with Crippen molar-refractivity contribution >= 4 is 11.8 Å². The van der Waals surface area contributed by atoms with Gasteiger partial charge in [0, 0.05) is 37.9 Å². The lowest BCUT2D eigenvalue weighted by molar-refractivity contribution is -0.141. The Kier molecular flexibility index (Phi) is 5.65. The third kappa shape index (κ3) is 4.34. The number of nitrogens with zero attached hydrogens (tertiary/aromatic N) is 2. The molecule has 2 fully saturated rings. The summed E-state index contributed by atoms with van der Waals surface area (Å²) < 4.78 is 0. The summed E-state index contributed by atoms with van der Waals surface area (Å²) in [6.45, 7) is 3.94. The highest BCUT2D eigenvalue weighted by Crippen LogP contribution is 2.39. The first-order valence-electron chi connectivity index (χ1n) is 10.7. The van der Waals surface area contributed by atoms with Gasteiger partial charge >= 0.3 is 0 Å². The fraction of sp³-hybridized carbons (Fsp3) is 0.458. The largest absolute Gasteiger partial charge is 0.356 e. The summed E-state index contributed by atoms with van der Waals surface area (Å²) >= 11 is 0. The van der Waals surface area contributed by atoms with E-state index in [1.807, 2.05) is 24.0 Å². The van der Waals surface area contributed by atoms with Gasteiger partial charge < -0.3 is 10.2 Å². The van der Waals surface area contributed by atoms with E-state index in [-0.39, 0.29) is 17.7 Å². The van der Waals surface area contributed by atoms with Crippen LogP contribution >= 0.6 is 0 Å². The molecule has 0 radical (unpaired) electrons. The number of piperidine rings is 1. The summed E-state index contributed by atoms with van der Waals surface area (Å²) in [5.74, 6) is 0.644. The van der Waals surface area contributed by atoms with Crippen LogP contribution in [0.2, 0.25) is 0 Å². The van der Waals surface area contributed by atoms with E-state index in [1.165, 1.54) is 0 Å². The first kappa shape index (κ1) is 19.6. The smallest absolute Gasteiger partial charge is 0.226 e. The Morgan fingerprint density at radius 2 is 1.83 bits per heavy atom. The zero-order valence-corrected chi connectivity index (χ0v) is 17.1. The second kappa shape index (κ2) is 8.36. The van der Waals surface area contributed by atoms with Crippen LogP contribution in [-0.2, 0) is 16.0 Å². The molecule has 29 heavy (non-hydrogen) atoms. The number of carbonyl (C=O) groups is 2. The SMILES string of the molecule is CCNC(=O)C1(Cc2cccc(-c3ccncc3)c2)CCN(C(=O)C2CC2)CC1. The van der Waals surface area contributed by atoms with Gasteiger partial charge in [-0.1, -0.05) is 24.3 Å². The maximum atomic E-state index is 13.1. The molecule has 0 spiro atoms. The maximum absolute atomic E-state index is 13.1. The van der Waals surface area contributed by atoms with Gasteiger partial charge in [0.05, 0.1) is 5.41 Å². The van der Waals surface area contributed by atoms with Crippen LogP contribution in [0.15, 0.2) is 48.8 Å². The molecule has 0 unspecified atom stereocenters. The van der Waals surface area contributed by atoms with Crippen molar-refractivity contribution in [3.8, 4) is 11.1 Å². The highest BCUT2D eigenvalue weighted by Gasteiger charge is 2.44. The molecule has 5 nitrogen and oxygen atoms in total. The molecule has 1 aromatic carbocycles. The van der Waals surface area contributed by atoms with Crippen LogP contribution in [0.1, 0.15) is 38.2 Å².